The van der Waals surface area contributed by atoms with Gasteiger partial charge in [0.05, 0.1) is 20.3 Å². The Hall–Kier alpha value is -2.60. The highest BCUT2D eigenvalue weighted by Crippen LogP contribution is 2.23. The van der Waals surface area contributed by atoms with Crippen LogP contribution in [0.5, 0.6) is 5.88 Å². The Kier molecular flexibility index (Phi) is 5.50. The molecule has 25 heavy (non-hydrogen) atoms. The molecule has 1 saturated heterocycles. The minimum atomic E-state index is -0.0923. The maximum atomic E-state index is 12.5. The van der Waals surface area contributed by atoms with E-state index in [1.165, 1.54) is 0 Å². The Morgan fingerprint density at radius 1 is 1.28 bits per heavy atom. The summed E-state index contributed by atoms with van der Waals surface area (Å²) in [6.45, 7) is 5.64. The quantitative estimate of drug-likeness (QED) is 0.903. The van der Waals surface area contributed by atoms with E-state index in [1.807, 2.05) is 30.3 Å². The SMILES string of the molecule is COc1cc(CNC(=O)c2ccc(C)c(N3CCOCC3)c2)ccn1. The van der Waals surface area contributed by atoms with Crippen molar-refractivity contribution in [3.63, 3.8) is 0 Å². The summed E-state index contributed by atoms with van der Waals surface area (Å²) in [6, 6.07) is 9.49. The van der Waals surface area contributed by atoms with Crippen molar-refractivity contribution in [2.45, 2.75) is 13.5 Å². The van der Waals surface area contributed by atoms with Crippen molar-refractivity contribution in [3.05, 3.63) is 53.2 Å². The molecule has 1 aliphatic heterocycles. The lowest BCUT2D eigenvalue weighted by Crippen LogP contribution is -2.36. The molecule has 3 rings (SSSR count). The molecule has 0 saturated carbocycles. The van der Waals surface area contributed by atoms with Gasteiger partial charge in [-0.25, -0.2) is 4.98 Å². The predicted molar refractivity (Wildman–Crippen MR) is 96.2 cm³/mol. The summed E-state index contributed by atoms with van der Waals surface area (Å²) in [6.07, 6.45) is 1.67. The van der Waals surface area contributed by atoms with Crippen LogP contribution in [0.4, 0.5) is 5.69 Å². The highest BCUT2D eigenvalue weighted by atomic mass is 16.5. The first kappa shape index (κ1) is 17.2. The zero-order valence-corrected chi connectivity index (χ0v) is 14.6. The first-order valence-corrected chi connectivity index (χ1v) is 8.38. The number of pyridine rings is 1. The molecular weight excluding hydrogens is 318 g/mol. The van der Waals surface area contributed by atoms with Crippen LogP contribution >= 0.6 is 0 Å². The van der Waals surface area contributed by atoms with Crippen LogP contribution in [0.2, 0.25) is 0 Å². The van der Waals surface area contributed by atoms with Gasteiger partial charge in [0.2, 0.25) is 5.88 Å². The van der Waals surface area contributed by atoms with Crippen molar-refractivity contribution in [2.75, 3.05) is 38.3 Å². The van der Waals surface area contributed by atoms with Crippen LogP contribution in [0, 0.1) is 6.92 Å². The molecule has 1 aliphatic rings. The molecule has 6 heteroatoms. The third-order valence-electron chi connectivity index (χ3n) is 4.28. The number of aromatic nitrogens is 1. The molecule has 0 bridgehead atoms. The molecule has 2 aromatic rings. The fourth-order valence-corrected chi connectivity index (χ4v) is 2.85. The van der Waals surface area contributed by atoms with Crippen LogP contribution in [-0.4, -0.2) is 44.3 Å². The van der Waals surface area contributed by atoms with Gasteiger partial charge in [-0.3, -0.25) is 4.79 Å². The molecule has 6 nitrogen and oxygen atoms in total. The van der Waals surface area contributed by atoms with Crippen LogP contribution < -0.4 is 15.0 Å². The highest BCUT2D eigenvalue weighted by molar-refractivity contribution is 5.95. The largest absolute Gasteiger partial charge is 0.481 e. The molecule has 1 amide bonds. The van der Waals surface area contributed by atoms with Crippen molar-refractivity contribution >= 4 is 11.6 Å². The summed E-state index contributed by atoms with van der Waals surface area (Å²) in [4.78, 5) is 18.9. The lowest BCUT2D eigenvalue weighted by molar-refractivity contribution is 0.0951. The van der Waals surface area contributed by atoms with Crippen molar-refractivity contribution in [1.82, 2.24) is 10.3 Å². The van der Waals surface area contributed by atoms with Gasteiger partial charge in [-0.1, -0.05) is 6.07 Å². The smallest absolute Gasteiger partial charge is 0.251 e. The summed E-state index contributed by atoms with van der Waals surface area (Å²) in [5.41, 5.74) is 3.87. The van der Waals surface area contributed by atoms with Crippen LogP contribution in [0.3, 0.4) is 0 Å². The number of morpholine rings is 1. The molecule has 132 valence electrons. The molecule has 1 fully saturated rings. The highest BCUT2D eigenvalue weighted by Gasteiger charge is 2.15. The summed E-state index contributed by atoms with van der Waals surface area (Å²) < 4.78 is 10.5. The maximum Gasteiger partial charge on any atom is 0.251 e. The van der Waals surface area contributed by atoms with Gasteiger partial charge in [0.15, 0.2) is 0 Å². The number of anilines is 1. The number of rotatable bonds is 5. The van der Waals surface area contributed by atoms with E-state index in [1.54, 1.807) is 13.3 Å². The van der Waals surface area contributed by atoms with Crippen LogP contribution in [0.1, 0.15) is 21.5 Å². The Morgan fingerprint density at radius 2 is 2.08 bits per heavy atom. The third kappa shape index (κ3) is 4.28. The summed E-state index contributed by atoms with van der Waals surface area (Å²) in [5, 5.41) is 2.95. The van der Waals surface area contributed by atoms with E-state index in [4.69, 9.17) is 9.47 Å². The summed E-state index contributed by atoms with van der Waals surface area (Å²) in [5.74, 6) is 0.446. The maximum absolute atomic E-state index is 12.5. The summed E-state index contributed by atoms with van der Waals surface area (Å²) >= 11 is 0. The van der Waals surface area contributed by atoms with Gasteiger partial charge in [0, 0.05) is 43.1 Å². The second-order valence-electron chi connectivity index (χ2n) is 5.99. The van der Waals surface area contributed by atoms with Gasteiger partial charge in [-0.15, -0.1) is 0 Å². The molecule has 2 heterocycles. The number of carbonyl (C=O) groups excluding carboxylic acids is 1. The van der Waals surface area contributed by atoms with Gasteiger partial charge in [-0.05, 0) is 36.2 Å². The normalized spacial score (nSPS) is 14.2. The van der Waals surface area contributed by atoms with Crippen molar-refractivity contribution in [2.24, 2.45) is 0 Å². The lowest BCUT2D eigenvalue weighted by Gasteiger charge is -2.30. The standard InChI is InChI=1S/C19H23N3O3/c1-14-3-4-16(12-17(14)22-7-9-25-10-8-22)19(23)21-13-15-5-6-20-18(11-15)24-2/h3-6,11-12H,7-10,13H2,1-2H3,(H,21,23). The van der Waals surface area contributed by atoms with Crippen molar-refractivity contribution in [3.8, 4) is 5.88 Å². The van der Waals surface area contributed by atoms with E-state index >= 15 is 0 Å². The number of aryl methyl sites for hydroxylation is 1. The fourth-order valence-electron chi connectivity index (χ4n) is 2.85. The molecule has 0 radical (unpaired) electrons. The van der Waals surface area contributed by atoms with E-state index in [9.17, 15) is 4.79 Å². The number of hydrogen-bond donors (Lipinski definition) is 1. The topological polar surface area (TPSA) is 63.7 Å². The van der Waals surface area contributed by atoms with E-state index in [0.29, 0.717) is 18.0 Å². The third-order valence-corrected chi connectivity index (χ3v) is 4.28. The molecule has 1 aromatic heterocycles. The van der Waals surface area contributed by atoms with Gasteiger partial charge >= 0.3 is 0 Å². The van der Waals surface area contributed by atoms with Gasteiger partial charge < -0.3 is 19.7 Å². The predicted octanol–water partition coefficient (Wildman–Crippen LogP) is 2.17. The Labute approximate surface area is 147 Å². The van der Waals surface area contributed by atoms with Crippen LogP contribution in [-0.2, 0) is 11.3 Å². The van der Waals surface area contributed by atoms with Crippen molar-refractivity contribution < 1.29 is 14.3 Å². The second kappa shape index (κ2) is 7.98. The first-order chi connectivity index (χ1) is 12.2. The molecule has 0 unspecified atom stereocenters. The zero-order chi connectivity index (χ0) is 17.6. The molecule has 0 atom stereocenters. The number of hydrogen-bond acceptors (Lipinski definition) is 5. The molecule has 1 N–H and O–H groups in total. The monoisotopic (exact) mass is 341 g/mol. The average Bonchev–Trinajstić information content (AvgIpc) is 2.67. The summed E-state index contributed by atoms with van der Waals surface area (Å²) in [7, 11) is 1.57. The second-order valence-corrected chi connectivity index (χ2v) is 5.99. The molecule has 0 spiro atoms. The fraction of sp³-hybridized carbons (Fsp3) is 0.368. The first-order valence-electron chi connectivity index (χ1n) is 8.38. The van der Waals surface area contributed by atoms with E-state index in [2.05, 4.69) is 22.1 Å². The molecule has 1 aromatic carbocycles. The molecule has 0 aliphatic carbocycles. The van der Waals surface area contributed by atoms with Gasteiger partial charge in [0.25, 0.3) is 5.91 Å². The molecular formula is C19H23N3O3. The number of ether oxygens (including phenoxy) is 2. The minimum absolute atomic E-state index is 0.0923. The zero-order valence-electron chi connectivity index (χ0n) is 14.6. The number of methoxy groups -OCH3 is 1. The number of benzene rings is 1. The van der Waals surface area contributed by atoms with Crippen LogP contribution in [0.25, 0.3) is 0 Å². The lowest BCUT2D eigenvalue weighted by atomic mass is 10.1. The number of amides is 1. The van der Waals surface area contributed by atoms with Crippen LogP contribution in [0.15, 0.2) is 36.5 Å². The van der Waals surface area contributed by atoms with E-state index in [-0.39, 0.29) is 5.91 Å². The van der Waals surface area contributed by atoms with Gasteiger partial charge in [0.1, 0.15) is 0 Å². The average molecular weight is 341 g/mol. The Balaban J connectivity index is 1.69. The number of carbonyl (C=O) groups is 1. The number of nitrogens with zero attached hydrogens (tertiary/aromatic N) is 2. The number of nitrogens with one attached hydrogen (secondary N) is 1. The van der Waals surface area contributed by atoms with Gasteiger partial charge in [-0.2, -0.15) is 0 Å². The Morgan fingerprint density at radius 3 is 2.84 bits per heavy atom. The van der Waals surface area contributed by atoms with E-state index in [0.717, 1.165) is 43.1 Å². The van der Waals surface area contributed by atoms with E-state index < -0.39 is 0 Å². The minimum Gasteiger partial charge on any atom is -0.481 e. The van der Waals surface area contributed by atoms with Crippen molar-refractivity contribution in [1.29, 1.82) is 0 Å². The Bertz CT molecular complexity index is 742.